The molecule has 0 aromatic heterocycles. The molecule has 1 aliphatic rings. The summed E-state index contributed by atoms with van der Waals surface area (Å²) in [4.78, 5) is 0. The molecule has 0 unspecified atom stereocenters. The van der Waals surface area contributed by atoms with Crippen LogP contribution in [-0.4, -0.2) is 23.4 Å². The molecule has 0 fully saturated rings. The monoisotopic (exact) mass is 420 g/mol. The van der Waals surface area contributed by atoms with Crippen LogP contribution in [0.4, 0.5) is 17.6 Å². The van der Waals surface area contributed by atoms with E-state index in [1.165, 1.54) is 11.4 Å². The first-order chi connectivity index (χ1) is 9.63. The third kappa shape index (κ3) is 2.92. The van der Waals surface area contributed by atoms with Crippen molar-refractivity contribution in [3.05, 3.63) is 33.4 Å². The Morgan fingerprint density at radius 2 is 1.81 bits per heavy atom. The van der Waals surface area contributed by atoms with Crippen molar-refractivity contribution in [2.75, 3.05) is 13.6 Å². The van der Waals surface area contributed by atoms with Gasteiger partial charge in [0, 0.05) is 0 Å². The van der Waals surface area contributed by atoms with Crippen molar-refractivity contribution in [1.29, 1.82) is 0 Å². The van der Waals surface area contributed by atoms with Crippen LogP contribution in [0.2, 0.25) is 0 Å². The van der Waals surface area contributed by atoms with Crippen LogP contribution in [0.3, 0.4) is 0 Å². The number of nitrogens with two attached hydrogens (primary N) is 1. The molecule has 2 rings (SSSR count). The molecule has 0 amide bonds. The normalized spacial score (nSPS) is 19.7. The maximum atomic E-state index is 14.4. The van der Waals surface area contributed by atoms with E-state index in [1.54, 1.807) is 39.1 Å². The average Bonchev–Trinajstić information content (AvgIpc) is 2.69. The Labute approximate surface area is 129 Å². The molecule has 0 bridgehead atoms. The number of benzene rings is 1. The predicted molar refractivity (Wildman–Crippen MR) is 80.5 cm³/mol. The van der Waals surface area contributed by atoms with Gasteiger partial charge >= 0.3 is 129 Å². The van der Waals surface area contributed by atoms with Gasteiger partial charge in [0.25, 0.3) is 0 Å². The molecule has 2 nitrogen and oxygen atoms in total. The Bertz CT molecular complexity index is 521. The second-order valence-corrected chi connectivity index (χ2v) is 9.84. The fraction of sp³-hybridized carbons (Fsp3) is 0.571. The number of halogens is 5. The van der Waals surface area contributed by atoms with Gasteiger partial charge in [0.1, 0.15) is 0 Å². The van der Waals surface area contributed by atoms with Crippen molar-refractivity contribution in [3.8, 4) is 0 Å². The van der Waals surface area contributed by atoms with Gasteiger partial charge in [-0.1, -0.05) is 0 Å². The van der Waals surface area contributed by atoms with Gasteiger partial charge in [0.15, 0.2) is 0 Å². The molecule has 0 saturated heterocycles. The summed E-state index contributed by atoms with van der Waals surface area (Å²) in [6.07, 6.45) is -0.851. The van der Waals surface area contributed by atoms with Crippen molar-refractivity contribution in [1.82, 2.24) is 0 Å². The molecule has 0 saturated carbocycles. The van der Waals surface area contributed by atoms with Crippen LogP contribution in [0.1, 0.15) is 25.8 Å². The summed E-state index contributed by atoms with van der Waals surface area (Å²) in [6, 6.07) is 6.50. The summed E-state index contributed by atoms with van der Waals surface area (Å²) in [5, 5.41) is 1.47. The van der Waals surface area contributed by atoms with Gasteiger partial charge in [-0.05, 0) is 0 Å². The zero-order chi connectivity index (χ0) is 15.9. The summed E-state index contributed by atoms with van der Waals surface area (Å²) in [6.45, 7) is 3.26. The third-order valence-electron chi connectivity index (χ3n) is 3.35. The number of fused-ring (bicyclic) bond motifs is 1. The van der Waals surface area contributed by atoms with Crippen molar-refractivity contribution in [2.24, 2.45) is 0 Å². The van der Waals surface area contributed by atoms with Crippen LogP contribution >= 0.6 is 20.2 Å². The van der Waals surface area contributed by atoms with Gasteiger partial charge in [-0.25, -0.2) is 0 Å². The number of hydrogen-bond donors (Lipinski definition) is 1. The van der Waals surface area contributed by atoms with Crippen molar-refractivity contribution >= 4 is 20.2 Å². The zero-order valence-corrected chi connectivity index (χ0v) is 14.3. The van der Waals surface area contributed by atoms with Gasteiger partial charge in [-0.3, -0.25) is 0 Å². The molecule has 120 valence electrons. The second-order valence-electron chi connectivity index (χ2n) is 5.47. The fourth-order valence-electron chi connectivity index (χ4n) is 2.14. The standard InChI is InChI=1S/C14H18F4INO/c1-12(2)10-6-4-5-7-11(10)19(21-12)14(17,18)13(15,16)8-9-20-3/h4-7,20H,8-9H2,1-3H3/p+1. The first kappa shape index (κ1) is 17.0. The summed E-state index contributed by atoms with van der Waals surface area (Å²) < 4.78 is 58.5. The summed E-state index contributed by atoms with van der Waals surface area (Å²) in [7, 11) is 1.58. The summed E-state index contributed by atoms with van der Waals surface area (Å²) in [5.41, 5.74) is -0.328. The van der Waals surface area contributed by atoms with E-state index >= 15 is 0 Å². The van der Waals surface area contributed by atoms with E-state index in [-0.39, 0.29) is 6.54 Å². The SMILES string of the molecule is C[NH2+]CCC(F)(F)C(F)(F)I1OC(C)(C)c2ccccc21. The third-order valence-corrected chi connectivity index (χ3v) is 8.91. The minimum absolute atomic E-state index is 0.0440. The Kier molecular flexibility index (Phi) is 4.57. The summed E-state index contributed by atoms with van der Waals surface area (Å²) >= 11 is -3.79. The van der Waals surface area contributed by atoms with Gasteiger partial charge in [-0.15, -0.1) is 0 Å². The van der Waals surface area contributed by atoms with Gasteiger partial charge in [0.05, 0.1) is 0 Å². The average molecular weight is 420 g/mol. The Hall–Kier alpha value is -0.410. The minimum atomic E-state index is -4.09. The van der Waals surface area contributed by atoms with Gasteiger partial charge in [0.2, 0.25) is 0 Å². The van der Waals surface area contributed by atoms with Crippen LogP contribution in [0.15, 0.2) is 24.3 Å². The molecule has 0 radical (unpaired) electrons. The molecule has 1 heterocycles. The number of hydrogen-bond acceptors (Lipinski definition) is 1. The van der Waals surface area contributed by atoms with E-state index < -0.39 is 42.1 Å². The fourth-order valence-corrected chi connectivity index (χ4v) is 7.60. The molecule has 0 atom stereocenters. The van der Waals surface area contributed by atoms with Crippen molar-refractivity contribution in [2.45, 2.75) is 35.7 Å². The van der Waals surface area contributed by atoms with Gasteiger partial charge in [-0.2, -0.15) is 0 Å². The van der Waals surface area contributed by atoms with Crippen LogP contribution in [-0.2, 0) is 8.67 Å². The molecule has 1 aliphatic heterocycles. The molecule has 7 heteroatoms. The molecular weight excluding hydrogens is 401 g/mol. The number of alkyl halides is 5. The first-order valence-corrected chi connectivity index (χ1v) is 9.70. The van der Waals surface area contributed by atoms with E-state index in [4.69, 9.17) is 3.07 Å². The summed E-state index contributed by atoms with van der Waals surface area (Å²) in [5.74, 6) is -4.04. The van der Waals surface area contributed by atoms with Crippen molar-refractivity contribution < 1.29 is 25.9 Å². The van der Waals surface area contributed by atoms with E-state index in [9.17, 15) is 17.6 Å². The zero-order valence-electron chi connectivity index (χ0n) is 12.1. The van der Waals surface area contributed by atoms with Crippen LogP contribution < -0.4 is 5.32 Å². The molecule has 1 aromatic carbocycles. The van der Waals surface area contributed by atoms with E-state index in [2.05, 4.69) is 0 Å². The molecule has 0 spiro atoms. The maximum absolute atomic E-state index is 14.4. The van der Waals surface area contributed by atoms with E-state index in [0.717, 1.165) is 0 Å². The quantitative estimate of drug-likeness (QED) is 0.442. The molecule has 2 N–H and O–H groups in total. The number of rotatable bonds is 5. The molecule has 0 aliphatic carbocycles. The first-order valence-electron chi connectivity index (χ1n) is 6.66. The van der Waals surface area contributed by atoms with Crippen LogP contribution in [0.25, 0.3) is 0 Å². The molecule has 1 aromatic rings. The number of quaternary nitrogens is 1. The van der Waals surface area contributed by atoms with Gasteiger partial charge < -0.3 is 0 Å². The van der Waals surface area contributed by atoms with E-state index in [1.807, 2.05) is 0 Å². The predicted octanol–water partition coefficient (Wildman–Crippen LogP) is 3.35. The van der Waals surface area contributed by atoms with Crippen molar-refractivity contribution in [3.63, 3.8) is 0 Å². The van der Waals surface area contributed by atoms with E-state index in [0.29, 0.717) is 9.13 Å². The Morgan fingerprint density at radius 3 is 2.43 bits per heavy atom. The molecular formula is C14H19F4INO+. The Morgan fingerprint density at radius 1 is 1.19 bits per heavy atom. The van der Waals surface area contributed by atoms with Crippen LogP contribution in [0, 0.1) is 3.57 Å². The van der Waals surface area contributed by atoms with Crippen LogP contribution in [0.5, 0.6) is 0 Å². The topological polar surface area (TPSA) is 25.8 Å². The molecule has 21 heavy (non-hydrogen) atoms. The Balaban J connectivity index is 2.38. The second kappa shape index (κ2) is 5.66.